The van der Waals surface area contributed by atoms with Gasteiger partial charge in [0.25, 0.3) is 0 Å². The molecule has 0 bridgehead atoms. The van der Waals surface area contributed by atoms with Gasteiger partial charge < -0.3 is 5.32 Å². The van der Waals surface area contributed by atoms with Crippen molar-refractivity contribution in [3.05, 3.63) is 71.8 Å². The van der Waals surface area contributed by atoms with Gasteiger partial charge in [-0.3, -0.25) is 14.9 Å². The van der Waals surface area contributed by atoms with Crippen LogP contribution in [-0.4, -0.2) is 40.0 Å². The van der Waals surface area contributed by atoms with Gasteiger partial charge in [-0.15, -0.1) is 0 Å². The quantitative estimate of drug-likeness (QED) is 0.623. The van der Waals surface area contributed by atoms with E-state index in [1.807, 2.05) is 13.1 Å². The Morgan fingerprint density at radius 2 is 1.90 bits per heavy atom. The van der Waals surface area contributed by atoms with Crippen LogP contribution in [0.25, 0.3) is 11.3 Å². The van der Waals surface area contributed by atoms with E-state index in [4.69, 9.17) is 0 Å². The number of nitrogens with one attached hydrogen (secondary N) is 1. The van der Waals surface area contributed by atoms with Crippen molar-refractivity contribution in [2.45, 2.75) is 31.5 Å². The first-order chi connectivity index (χ1) is 15.0. The number of nitrogens with zero attached hydrogens (tertiary/aromatic N) is 4. The number of anilines is 1. The second kappa shape index (κ2) is 9.01. The maximum atomic E-state index is 13.2. The van der Waals surface area contributed by atoms with Gasteiger partial charge in [-0.25, -0.2) is 4.98 Å². The van der Waals surface area contributed by atoms with Gasteiger partial charge in [0.05, 0.1) is 17.0 Å². The van der Waals surface area contributed by atoms with E-state index in [-0.39, 0.29) is 5.92 Å². The highest BCUT2D eigenvalue weighted by Crippen LogP contribution is 2.35. The molecule has 0 amide bonds. The van der Waals surface area contributed by atoms with Gasteiger partial charge in [0, 0.05) is 55.8 Å². The van der Waals surface area contributed by atoms with Crippen LogP contribution in [0, 0.1) is 0 Å². The van der Waals surface area contributed by atoms with E-state index in [0.29, 0.717) is 11.3 Å². The lowest BCUT2D eigenvalue weighted by Crippen LogP contribution is -2.34. The number of piperidine rings is 1. The molecule has 1 N–H and O–H groups in total. The molecule has 0 saturated carbocycles. The van der Waals surface area contributed by atoms with Gasteiger partial charge in [-0.05, 0) is 37.6 Å². The Morgan fingerprint density at radius 3 is 2.71 bits per heavy atom. The third-order valence-corrected chi connectivity index (χ3v) is 5.60. The highest BCUT2D eigenvalue weighted by atomic mass is 19.4. The van der Waals surface area contributed by atoms with Gasteiger partial charge in [0.2, 0.25) is 0 Å². The molecule has 0 aliphatic carbocycles. The van der Waals surface area contributed by atoms with E-state index in [9.17, 15) is 13.2 Å². The van der Waals surface area contributed by atoms with Crippen LogP contribution in [0.1, 0.15) is 35.6 Å². The Hall–Kier alpha value is -3.00. The first kappa shape index (κ1) is 21.2. The fourth-order valence-electron chi connectivity index (χ4n) is 4.17. The van der Waals surface area contributed by atoms with Crippen LogP contribution in [-0.2, 0) is 12.7 Å². The van der Waals surface area contributed by atoms with Crippen LogP contribution in [0.15, 0.2) is 55.0 Å². The van der Waals surface area contributed by atoms with E-state index in [1.165, 1.54) is 12.3 Å². The van der Waals surface area contributed by atoms with Gasteiger partial charge in [-0.1, -0.05) is 18.2 Å². The molecular formula is C23H24F3N5. The second-order valence-electron chi connectivity index (χ2n) is 7.70. The lowest BCUT2D eigenvalue weighted by Gasteiger charge is -2.33. The van der Waals surface area contributed by atoms with E-state index in [1.54, 1.807) is 18.5 Å². The average molecular weight is 427 g/mol. The molecule has 5 nitrogen and oxygen atoms in total. The maximum absolute atomic E-state index is 13.2. The number of halogens is 3. The number of alkyl halides is 3. The topological polar surface area (TPSA) is 53.9 Å². The summed E-state index contributed by atoms with van der Waals surface area (Å²) in [6, 6.07) is 9.30. The molecule has 3 heterocycles. The van der Waals surface area contributed by atoms with Crippen LogP contribution >= 0.6 is 0 Å². The number of aromatic nitrogens is 3. The Kier molecular flexibility index (Phi) is 6.18. The van der Waals surface area contributed by atoms with Crippen LogP contribution < -0.4 is 5.32 Å². The Bertz CT molecular complexity index is 1040. The molecule has 1 saturated heterocycles. The predicted octanol–water partition coefficient (Wildman–Crippen LogP) is 4.98. The number of hydrogen-bond acceptors (Lipinski definition) is 5. The minimum Gasteiger partial charge on any atom is -0.373 e. The summed E-state index contributed by atoms with van der Waals surface area (Å²) in [6.07, 6.45) is 2.43. The number of pyridine rings is 1. The molecule has 162 valence electrons. The monoisotopic (exact) mass is 427 g/mol. The molecule has 1 atom stereocenters. The molecule has 0 radical (unpaired) electrons. The van der Waals surface area contributed by atoms with Crippen molar-refractivity contribution in [3.8, 4) is 11.3 Å². The zero-order valence-electron chi connectivity index (χ0n) is 17.2. The van der Waals surface area contributed by atoms with Crippen molar-refractivity contribution in [1.82, 2.24) is 19.9 Å². The second-order valence-corrected chi connectivity index (χ2v) is 7.70. The molecular weight excluding hydrogens is 403 g/mol. The molecule has 3 aromatic rings. The van der Waals surface area contributed by atoms with Gasteiger partial charge in [0.15, 0.2) is 0 Å². The lowest BCUT2D eigenvalue weighted by atomic mass is 9.91. The van der Waals surface area contributed by atoms with Gasteiger partial charge in [0.1, 0.15) is 5.82 Å². The smallest absolute Gasteiger partial charge is 0.373 e. The number of benzene rings is 1. The fraction of sp³-hybridized carbons (Fsp3) is 0.348. The summed E-state index contributed by atoms with van der Waals surface area (Å²) in [6.45, 7) is 2.47. The molecule has 8 heteroatoms. The van der Waals surface area contributed by atoms with Gasteiger partial charge in [-0.2, -0.15) is 13.2 Å². The average Bonchev–Trinajstić information content (AvgIpc) is 2.79. The Balaban J connectivity index is 1.59. The molecule has 1 aliphatic rings. The van der Waals surface area contributed by atoms with Crippen LogP contribution in [0.5, 0.6) is 0 Å². The number of hydrogen-bond donors (Lipinski definition) is 1. The molecule has 31 heavy (non-hydrogen) atoms. The predicted molar refractivity (Wildman–Crippen MR) is 114 cm³/mol. The largest absolute Gasteiger partial charge is 0.416 e. The lowest BCUT2D eigenvalue weighted by molar-refractivity contribution is -0.137. The standard InChI is InChI=1S/C23H24F3N5/c1-27-22-18(6-3-9-30-22)15-31-12-4-7-17(14-31)21-20(28-10-11-29-21)16-5-2-8-19(13-16)23(24,25)26/h2-3,5-6,8-11,13,17H,4,7,12,14-15H2,1H3,(H,27,30)/t17-/m1/s1. The zero-order chi connectivity index (χ0) is 21.8. The van der Waals surface area contributed by atoms with Crippen molar-refractivity contribution in [3.63, 3.8) is 0 Å². The van der Waals surface area contributed by atoms with E-state index >= 15 is 0 Å². The third-order valence-electron chi connectivity index (χ3n) is 5.60. The maximum Gasteiger partial charge on any atom is 0.416 e. The summed E-state index contributed by atoms with van der Waals surface area (Å²) in [5, 5.41) is 3.12. The normalized spacial score (nSPS) is 17.5. The minimum absolute atomic E-state index is 0.0988. The molecule has 4 rings (SSSR count). The van der Waals surface area contributed by atoms with Crippen LogP contribution in [0.2, 0.25) is 0 Å². The third kappa shape index (κ3) is 4.85. The molecule has 1 aromatic carbocycles. The Labute approximate surface area is 179 Å². The van der Waals surface area contributed by atoms with Crippen molar-refractivity contribution < 1.29 is 13.2 Å². The highest BCUT2D eigenvalue weighted by Gasteiger charge is 2.31. The molecule has 0 unspecified atom stereocenters. The molecule has 2 aromatic heterocycles. The van der Waals surface area contributed by atoms with Gasteiger partial charge >= 0.3 is 6.18 Å². The van der Waals surface area contributed by atoms with Crippen molar-refractivity contribution in [2.24, 2.45) is 0 Å². The SMILES string of the molecule is CNc1ncccc1CN1CCC[C@@H](c2nccnc2-c2cccc(C(F)(F)F)c2)C1. The summed E-state index contributed by atoms with van der Waals surface area (Å²) < 4.78 is 39.6. The molecule has 1 aliphatic heterocycles. The summed E-state index contributed by atoms with van der Waals surface area (Å²) in [5.74, 6) is 0.954. The van der Waals surface area contributed by atoms with E-state index in [0.717, 1.165) is 61.7 Å². The fourth-order valence-corrected chi connectivity index (χ4v) is 4.17. The Morgan fingerprint density at radius 1 is 1.06 bits per heavy atom. The minimum atomic E-state index is -4.39. The molecule has 1 fully saturated rings. The van der Waals surface area contributed by atoms with Crippen molar-refractivity contribution in [2.75, 3.05) is 25.5 Å². The van der Waals surface area contributed by atoms with E-state index < -0.39 is 11.7 Å². The van der Waals surface area contributed by atoms with Crippen LogP contribution in [0.4, 0.5) is 19.0 Å². The highest BCUT2D eigenvalue weighted by molar-refractivity contribution is 5.63. The number of likely N-dealkylation sites (tertiary alicyclic amines) is 1. The van der Waals surface area contributed by atoms with Crippen LogP contribution in [0.3, 0.4) is 0 Å². The van der Waals surface area contributed by atoms with E-state index in [2.05, 4.69) is 31.2 Å². The van der Waals surface area contributed by atoms with Crippen molar-refractivity contribution >= 4 is 5.82 Å². The molecule has 0 spiro atoms. The van der Waals surface area contributed by atoms with Crippen molar-refractivity contribution in [1.29, 1.82) is 0 Å². The summed E-state index contributed by atoms with van der Waals surface area (Å²) in [7, 11) is 1.85. The summed E-state index contributed by atoms with van der Waals surface area (Å²) >= 11 is 0. The summed E-state index contributed by atoms with van der Waals surface area (Å²) in [5.41, 5.74) is 2.16. The zero-order valence-corrected chi connectivity index (χ0v) is 17.2. The summed E-state index contributed by atoms with van der Waals surface area (Å²) in [4.78, 5) is 15.7. The first-order valence-electron chi connectivity index (χ1n) is 10.3. The number of rotatable bonds is 5. The first-order valence-corrected chi connectivity index (χ1v) is 10.3.